The third-order valence-electron chi connectivity index (χ3n) is 7.37. The molecule has 0 aliphatic heterocycles. The predicted octanol–water partition coefficient (Wildman–Crippen LogP) is 5.82. The summed E-state index contributed by atoms with van der Waals surface area (Å²) in [5.41, 5.74) is 7.66. The van der Waals surface area contributed by atoms with Gasteiger partial charge in [0.1, 0.15) is 12.3 Å². The first-order valence-corrected chi connectivity index (χ1v) is 16.7. The Labute approximate surface area is 247 Å². The Morgan fingerprint density at radius 2 is 1.71 bits per heavy atom. The van der Waals surface area contributed by atoms with Crippen molar-refractivity contribution in [3.63, 3.8) is 0 Å². The third-order valence-corrected chi connectivity index (χ3v) is 11.8. The Balaban J connectivity index is 1.47. The van der Waals surface area contributed by atoms with E-state index in [9.17, 15) is 4.79 Å². The van der Waals surface area contributed by atoms with Gasteiger partial charge in [-0.3, -0.25) is 5.10 Å². The number of primary amides is 1. The highest BCUT2D eigenvalue weighted by molar-refractivity contribution is 6.74. The highest BCUT2D eigenvalue weighted by Crippen LogP contribution is 2.41. The van der Waals surface area contributed by atoms with Gasteiger partial charge in [-0.15, -0.1) is 10.2 Å². The molecule has 3 heterocycles. The average molecular weight is 593 g/mol. The van der Waals surface area contributed by atoms with Crippen molar-refractivity contribution in [3.05, 3.63) is 54.9 Å². The van der Waals surface area contributed by atoms with Crippen molar-refractivity contribution < 1.29 is 18.7 Å². The van der Waals surface area contributed by atoms with Crippen LogP contribution in [-0.2, 0) is 15.7 Å². The highest BCUT2D eigenvalue weighted by atomic mass is 28.4. The fourth-order valence-electron chi connectivity index (χ4n) is 4.06. The first-order valence-electron chi connectivity index (χ1n) is 13.8. The number of nitrogens with two attached hydrogens (primary N) is 1. The number of carbonyl (C=O) groups excluding carboxylic acids is 1. The molecule has 0 radical (unpaired) electrons. The molecule has 0 spiro atoms. The Morgan fingerprint density at radius 3 is 2.26 bits per heavy atom. The van der Waals surface area contributed by atoms with Gasteiger partial charge in [-0.05, 0) is 65.2 Å². The van der Waals surface area contributed by atoms with Crippen molar-refractivity contribution in [2.24, 2.45) is 11.1 Å². The van der Waals surface area contributed by atoms with Gasteiger partial charge in [-0.1, -0.05) is 41.5 Å². The molecule has 42 heavy (non-hydrogen) atoms. The van der Waals surface area contributed by atoms with Crippen LogP contribution < -0.4 is 10.5 Å². The molecule has 4 rings (SSSR count). The fraction of sp³-hybridized carbons (Fsp3) is 0.448. The number of amides is 1. The van der Waals surface area contributed by atoms with E-state index in [1.54, 1.807) is 18.5 Å². The fourth-order valence-corrected chi connectivity index (χ4v) is 5.55. The molecule has 12 nitrogen and oxygen atoms in total. The lowest BCUT2D eigenvalue weighted by atomic mass is 9.86. The van der Waals surface area contributed by atoms with Crippen molar-refractivity contribution in [1.82, 2.24) is 35.4 Å². The van der Waals surface area contributed by atoms with Crippen LogP contribution >= 0.6 is 0 Å². The van der Waals surface area contributed by atoms with Crippen molar-refractivity contribution in [1.29, 1.82) is 0 Å². The maximum atomic E-state index is 11.9. The zero-order valence-electron chi connectivity index (χ0n) is 25.5. The largest absolute Gasteiger partial charge is 0.442 e. The summed E-state index contributed by atoms with van der Waals surface area (Å²) in [4.78, 5) is 17.7. The molecule has 2 atom stereocenters. The van der Waals surface area contributed by atoms with E-state index < -0.39 is 26.6 Å². The minimum Gasteiger partial charge on any atom is -0.442 e. The average Bonchev–Trinajstić information content (AvgIpc) is 3.59. The number of hydrogen-bond acceptors (Lipinski definition) is 9. The van der Waals surface area contributed by atoms with E-state index in [-0.39, 0.29) is 17.0 Å². The van der Waals surface area contributed by atoms with Gasteiger partial charge < -0.3 is 19.6 Å². The molecule has 0 saturated heterocycles. The standard InChI is InChI=1S/C29H40N8O4Si/c1-28(2,3)25(41-42(7,8)29(4,5)6)23(40-27(30)38)18-37-35-26(34-36-37)19-9-12-21(13-10-19)39-24-14-11-20(17-31-24)22-15-16-32-33-22/h9-17,23,25H,18H2,1-8H3,(H2,30,38)(H,32,33). The van der Waals surface area contributed by atoms with Crippen LogP contribution in [0.1, 0.15) is 41.5 Å². The summed E-state index contributed by atoms with van der Waals surface area (Å²) in [6.07, 6.45) is 1.36. The number of rotatable bonds is 10. The SMILES string of the molecule is CC(C)(C)C(O[Si](C)(C)C(C)(C)C)C(Cn1nnc(-c2ccc(Oc3ccc(-c4ccn[nH]4)cn3)cc2)n1)OC(N)=O. The lowest BCUT2D eigenvalue weighted by Gasteiger charge is -2.45. The number of nitrogens with zero attached hydrogens (tertiary/aromatic N) is 6. The second-order valence-electron chi connectivity index (χ2n) is 12.8. The molecular weight excluding hydrogens is 552 g/mol. The number of aromatic nitrogens is 7. The second-order valence-corrected chi connectivity index (χ2v) is 17.5. The van der Waals surface area contributed by atoms with Crippen LogP contribution in [0.2, 0.25) is 18.1 Å². The molecule has 0 saturated carbocycles. The third kappa shape index (κ3) is 7.59. The van der Waals surface area contributed by atoms with Gasteiger partial charge in [0.2, 0.25) is 11.7 Å². The summed E-state index contributed by atoms with van der Waals surface area (Å²) in [7, 11) is -2.22. The van der Waals surface area contributed by atoms with Crippen LogP contribution in [0.15, 0.2) is 54.9 Å². The maximum absolute atomic E-state index is 11.9. The van der Waals surface area contributed by atoms with Crippen molar-refractivity contribution in [2.45, 2.75) is 78.4 Å². The minimum absolute atomic E-state index is 0.0397. The zero-order valence-corrected chi connectivity index (χ0v) is 26.5. The van der Waals surface area contributed by atoms with E-state index in [0.717, 1.165) is 16.8 Å². The normalized spacial score (nSPS) is 13.9. The number of pyridine rings is 1. The quantitative estimate of drug-likeness (QED) is 0.217. The Bertz CT molecular complexity index is 1460. The molecule has 3 N–H and O–H groups in total. The molecule has 0 aliphatic carbocycles. The Morgan fingerprint density at radius 1 is 1.02 bits per heavy atom. The molecule has 3 aromatic heterocycles. The molecular formula is C29H40N8O4Si. The number of carbonyl (C=O) groups is 1. The number of ether oxygens (including phenoxy) is 2. The van der Waals surface area contributed by atoms with Gasteiger partial charge in [-0.25, -0.2) is 9.78 Å². The first-order chi connectivity index (χ1) is 19.6. The summed E-state index contributed by atoms with van der Waals surface area (Å²) in [5, 5.41) is 19.8. The number of aromatic amines is 1. The van der Waals surface area contributed by atoms with Crippen LogP contribution in [0.25, 0.3) is 22.6 Å². The molecule has 0 aliphatic rings. The van der Waals surface area contributed by atoms with Gasteiger partial charge in [0.25, 0.3) is 0 Å². The van der Waals surface area contributed by atoms with Crippen molar-refractivity contribution in [3.8, 4) is 34.3 Å². The Kier molecular flexibility index (Phi) is 8.83. The molecule has 0 fully saturated rings. The molecule has 2 unspecified atom stereocenters. The van der Waals surface area contributed by atoms with Crippen LogP contribution in [0.5, 0.6) is 11.6 Å². The number of hydrogen-bond donors (Lipinski definition) is 2. The van der Waals surface area contributed by atoms with Crippen LogP contribution in [0.3, 0.4) is 0 Å². The molecule has 1 aromatic carbocycles. The van der Waals surface area contributed by atoms with Gasteiger partial charge in [-0.2, -0.15) is 9.90 Å². The second kappa shape index (κ2) is 12.0. The number of benzene rings is 1. The predicted molar refractivity (Wildman–Crippen MR) is 161 cm³/mol. The van der Waals surface area contributed by atoms with Gasteiger partial charge in [0.15, 0.2) is 14.4 Å². The monoisotopic (exact) mass is 592 g/mol. The first kappa shape index (κ1) is 30.8. The summed E-state index contributed by atoms with van der Waals surface area (Å²) in [6, 6.07) is 12.9. The molecule has 224 valence electrons. The minimum atomic E-state index is -2.22. The summed E-state index contributed by atoms with van der Waals surface area (Å²) >= 11 is 0. The Hall–Kier alpha value is -4.10. The van der Waals surface area contributed by atoms with E-state index in [2.05, 4.69) is 85.2 Å². The smallest absolute Gasteiger partial charge is 0.404 e. The zero-order chi connectivity index (χ0) is 30.7. The summed E-state index contributed by atoms with van der Waals surface area (Å²) in [5.74, 6) is 1.49. The maximum Gasteiger partial charge on any atom is 0.404 e. The number of H-pyrrole nitrogens is 1. The lowest BCUT2D eigenvalue weighted by Crippen LogP contribution is -2.53. The summed E-state index contributed by atoms with van der Waals surface area (Å²) < 4.78 is 18.3. The number of nitrogens with one attached hydrogen (secondary N) is 1. The van der Waals surface area contributed by atoms with E-state index >= 15 is 0 Å². The van der Waals surface area contributed by atoms with E-state index in [1.807, 2.05) is 36.4 Å². The topological polar surface area (TPSA) is 156 Å². The molecule has 0 bridgehead atoms. The number of tetrazole rings is 1. The van der Waals surface area contributed by atoms with E-state index in [1.165, 1.54) is 4.80 Å². The van der Waals surface area contributed by atoms with Gasteiger partial charge in [0, 0.05) is 29.6 Å². The van der Waals surface area contributed by atoms with Crippen LogP contribution in [-0.4, -0.2) is 62.0 Å². The van der Waals surface area contributed by atoms with Crippen molar-refractivity contribution >= 4 is 14.4 Å². The van der Waals surface area contributed by atoms with Crippen LogP contribution in [0.4, 0.5) is 4.79 Å². The van der Waals surface area contributed by atoms with Crippen LogP contribution in [0, 0.1) is 5.41 Å². The van der Waals surface area contributed by atoms with E-state index in [0.29, 0.717) is 17.5 Å². The lowest BCUT2D eigenvalue weighted by molar-refractivity contribution is -0.0503. The molecule has 1 amide bonds. The van der Waals surface area contributed by atoms with Gasteiger partial charge in [0.05, 0.1) is 11.8 Å². The van der Waals surface area contributed by atoms with Gasteiger partial charge >= 0.3 is 6.09 Å². The summed E-state index contributed by atoms with van der Waals surface area (Å²) in [6.45, 7) is 17.1. The molecule has 4 aromatic rings. The van der Waals surface area contributed by atoms with E-state index in [4.69, 9.17) is 19.6 Å². The highest BCUT2D eigenvalue weighted by Gasteiger charge is 2.45. The van der Waals surface area contributed by atoms with Crippen molar-refractivity contribution in [2.75, 3.05) is 0 Å². The molecule has 13 heteroatoms.